The van der Waals surface area contributed by atoms with E-state index in [1.807, 2.05) is 30.1 Å². The molecule has 0 radical (unpaired) electrons. The Morgan fingerprint density at radius 2 is 2.09 bits per heavy atom. The van der Waals surface area contributed by atoms with Crippen LogP contribution >= 0.6 is 0 Å². The van der Waals surface area contributed by atoms with Crippen LogP contribution < -0.4 is 10.6 Å². The molecule has 0 unspecified atom stereocenters. The van der Waals surface area contributed by atoms with E-state index in [1.165, 1.54) is 6.42 Å². The van der Waals surface area contributed by atoms with Crippen LogP contribution in [0.15, 0.2) is 18.2 Å². The van der Waals surface area contributed by atoms with Gasteiger partial charge in [0.25, 0.3) is 5.91 Å². The first kappa shape index (κ1) is 16.0. The average molecular weight is 315 g/mol. The van der Waals surface area contributed by atoms with Crippen LogP contribution in [-0.2, 0) is 11.2 Å². The zero-order valence-electron chi connectivity index (χ0n) is 13.7. The summed E-state index contributed by atoms with van der Waals surface area (Å²) in [5.41, 5.74) is 2.66. The van der Waals surface area contributed by atoms with Crippen molar-refractivity contribution in [2.45, 2.75) is 32.1 Å². The molecule has 1 aromatic carbocycles. The molecule has 0 spiro atoms. The van der Waals surface area contributed by atoms with Gasteiger partial charge in [-0.25, -0.2) is 0 Å². The zero-order valence-corrected chi connectivity index (χ0v) is 13.7. The van der Waals surface area contributed by atoms with Crippen LogP contribution in [0.4, 0.5) is 5.69 Å². The number of anilines is 1. The number of nitrogens with zero attached hydrogens (tertiary/aromatic N) is 1. The van der Waals surface area contributed by atoms with Crippen LogP contribution in [-0.4, -0.2) is 43.4 Å². The van der Waals surface area contributed by atoms with E-state index in [9.17, 15) is 9.59 Å². The predicted octanol–water partition coefficient (Wildman–Crippen LogP) is 2.03. The van der Waals surface area contributed by atoms with Crippen molar-refractivity contribution in [1.29, 1.82) is 0 Å². The van der Waals surface area contributed by atoms with E-state index in [0.717, 1.165) is 55.2 Å². The Hall–Kier alpha value is -1.88. The van der Waals surface area contributed by atoms with Gasteiger partial charge in [-0.05, 0) is 69.0 Å². The van der Waals surface area contributed by atoms with Crippen molar-refractivity contribution < 1.29 is 9.59 Å². The number of carbonyl (C=O) groups is 2. The van der Waals surface area contributed by atoms with Crippen molar-refractivity contribution in [2.24, 2.45) is 5.92 Å². The van der Waals surface area contributed by atoms with Gasteiger partial charge in [0, 0.05) is 30.8 Å². The maximum Gasteiger partial charge on any atom is 0.253 e. The monoisotopic (exact) mass is 315 g/mol. The molecule has 1 aromatic rings. The molecule has 0 aliphatic carbocycles. The summed E-state index contributed by atoms with van der Waals surface area (Å²) in [6.45, 7) is 2.75. The first-order valence-corrected chi connectivity index (χ1v) is 8.54. The number of hydrogen-bond acceptors (Lipinski definition) is 3. The summed E-state index contributed by atoms with van der Waals surface area (Å²) in [5.74, 6) is 0.905. The van der Waals surface area contributed by atoms with Gasteiger partial charge < -0.3 is 15.5 Å². The van der Waals surface area contributed by atoms with Gasteiger partial charge in [-0.15, -0.1) is 0 Å². The Kier molecular flexibility index (Phi) is 4.96. The molecule has 5 nitrogen and oxygen atoms in total. The van der Waals surface area contributed by atoms with Crippen molar-refractivity contribution in [2.75, 3.05) is 32.0 Å². The van der Waals surface area contributed by atoms with Crippen LogP contribution in [0.5, 0.6) is 0 Å². The van der Waals surface area contributed by atoms with E-state index in [1.54, 1.807) is 0 Å². The number of hydrogen-bond donors (Lipinski definition) is 2. The van der Waals surface area contributed by atoms with Gasteiger partial charge in [0.15, 0.2) is 0 Å². The number of nitrogens with one attached hydrogen (secondary N) is 2. The second kappa shape index (κ2) is 7.13. The molecular weight excluding hydrogens is 290 g/mol. The van der Waals surface area contributed by atoms with E-state index in [0.29, 0.717) is 12.8 Å². The summed E-state index contributed by atoms with van der Waals surface area (Å²) in [6.07, 6.45) is 4.59. The molecule has 1 saturated heterocycles. The summed E-state index contributed by atoms with van der Waals surface area (Å²) in [6, 6.07) is 5.64. The highest BCUT2D eigenvalue weighted by molar-refractivity contribution is 5.98. The largest absolute Gasteiger partial charge is 0.339 e. The number of likely N-dealkylation sites (tertiary alicyclic amines) is 1. The fourth-order valence-corrected chi connectivity index (χ4v) is 3.47. The maximum atomic E-state index is 12.7. The molecule has 2 N–H and O–H groups in total. The molecule has 124 valence electrons. The predicted molar refractivity (Wildman–Crippen MR) is 90.6 cm³/mol. The molecule has 0 atom stereocenters. The standard InChI is InChI=1S/C18H25N3O2/c1-19-9-6-13-7-10-21(11-8-13)18(23)15-2-4-16-14(12-15)3-5-17(22)20-16/h2,4,12-13,19H,3,5-11H2,1H3,(H,20,22). The van der Waals surface area contributed by atoms with Crippen LogP contribution in [0, 0.1) is 5.92 Å². The molecule has 0 saturated carbocycles. The Balaban J connectivity index is 1.62. The summed E-state index contributed by atoms with van der Waals surface area (Å²) in [5, 5.41) is 6.06. The van der Waals surface area contributed by atoms with Crippen LogP contribution in [0.2, 0.25) is 0 Å². The Bertz CT molecular complexity index is 592. The third-order valence-electron chi connectivity index (χ3n) is 4.95. The van der Waals surface area contributed by atoms with Crippen molar-refractivity contribution in [3.05, 3.63) is 29.3 Å². The van der Waals surface area contributed by atoms with E-state index < -0.39 is 0 Å². The number of amides is 2. The van der Waals surface area contributed by atoms with E-state index in [-0.39, 0.29) is 11.8 Å². The van der Waals surface area contributed by atoms with Gasteiger partial charge in [-0.2, -0.15) is 0 Å². The van der Waals surface area contributed by atoms with Crippen LogP contribution in [0.3, 0.4) is 0 Å². The molecule has 2 heterocycles. The molecule has 0 bridgehead atoms. The van der Waals surface area contributed by atoms with Gasteiger partial charge in [0.1, 0.15) is 0 Å². The normalized spacial score (nSPS) is 18.5. The summed E-state index contributed by atoms with van der Waals surface area (Å²) in [4.78, 5) is 26.1. The SMILES string of the molecule is CNCCC1CCN(C(=O)c2ccc3c(c2)CCC(=O)N3)CC1. The molecule has 2 aliphatic heterocycles. The quantitative estimate of drug-likeness (QED) is 0.894. The highest BCUT2D eigenvalue weighted by Crippen LogP contribution is 2.26. The number of benzene rings is 1. The minimum atomic E-state index is 0.0558. The lowest BCUT2D eigenvalue weighted by molar-refractivity contribution is -0.116. The number of rotatable bonds is 4. The Labute approximate surface area is 137 Å². The van der Waals surface area contributed by atoms with Gasteiger partial charge in [0.2, 0.25) is 5.91 Å². The van der Waals surface area contributed by atoms with Crippen LogP contribution in [0.1, 0.15) is 41.6 Å². The summed E-state index contributed by atoms with van der Waals surface area (Å²) in [7, 11) is 1.98. The third-order valence-corrected chi connectivity index (χ3v) is 4.95. The number of carbonyl (C=O) groups excluding carboxylic acids is 2. The van der Waals surface area contributed by atoms with E-state index >= 15 is 0 Å². The zero-order chi connectivity index (χ0) is 16.2. The molecule has 0 aromatic heterocycles. The number of aryl methyl sites for hydroxylation is 1. The number of fused-ring (bicyclic) bond motifs is 1. The lowest BCUT2D eigenvalue weighted by Gasteiger charge is -2.32. The number of piperidine rings is 1. The highest BCUT2D eigenvalue weighted by Gasteiger charge is 2.24. The molecule has 23 heavy (non-hydrogen) atoms. The van der Waals surface area contributed by atoms with Crippen LogP contribution in [0.25, 0.3) is 0 Å². The fraction of sp³-hybridized carbons (Fsp3) is 0.556. The van der Waals surface area contributed by atoms with E-state index in [4.69, 9.17) is 0 Å². The topological polar surface area (TPSA) is 61.4 Å². The molecule has 5 heteroatoms. The molecule has 2 aliphatic rings. The minimum absolute atomic E-state index is 0.0558. The van der Waals surface area contributed by atoms with Crippen molar-refractivity contribution >= 4 is 17.5 Å². The van der Waals surface area contributed by atoms with Gasteiger partial charge in [0.05, 0.1) is 0 Å². The fourth-order valence-electron chi connectivity index (χ4n) is 3.47. The maximum absolute atomic E-state index is 12.7. The Morgan fingerprint density at radius 3 is 2.83 bits per heavy atom. The lowest BCUT2D eigenvalue weighted by atomic mass is 9.93. The Morgan fingerprint density at radius 1 is 1.30 bits per heavy atom. The van der Waals surface area contributed by atoms with Crippen molar-refractivity contribution in [1.82, 2.24) is 10.2 Å². The second-order valence-corrected chi connectivity index (χ2v) is 6.55. The van der Waals surface area contributed by atoms with Gasteiger partial charge in [-0.3, -0.25) is 9.59 Å². The summed E-state index contributed by atoms with van der Waals surface area (Å²) < 4.78 is 0. The minimum Gasteiger partial charge on any atom is -0.339 e. The smallest absolute Gasteiger partial charge is 0.253 e. The molecule has 3 rings (SSSR count). The van der Waals surface area contributed by atoms with E-state index in [2.05, 4.69) is 10.6 Å². The second-order valence-electron chi connectivity index (χ2n) is 6.55. The van der Waals surface area contributed by atoms with Gasteiger partial charge >= 0.3 is 0 Å². The lowest BCUT2D eigenvalue weighted by Crippen LogP contribution is -2.39. The van der Waals surface area contributed by atoms with Gasteiger partial charge in [-0.1, -0.05) is 0 Å². The van der Waals surface area contributed by atoms with Crippen molar-refractivity contribution in [3.8, 4) is 0 Å². The molecule has 2 amide bonds. The van der Waals surface area contributed by atoms with Crippen molar-refractivity contribution in [3.63, 3.8) is 0 Å². The first-order chi connectivity index (χ1) is 11.2. The molecule has 1 fully saturated rings. The summed E-state index contributed by atoms with van der Waals surface area (Å²) >= 11 is 0. The first-order valence-electron chi connectivity index (χ1n) is 8.54. The third kappa shape index (κ3) is 3.72. The highest BCUT2D eigenvalue weighted by atomic mass is 16.2. The molecular formula is C18H25N3O2. The average Bonchev–Trinajstić information content (AvgIpc) is 2.59.